The van der Waals surface area contributed by atoms with Crippen molar-refractivity contribution in [3.8, 4) is 11.5 Å². The Labute approximate surface area is 127 Å². The maximum absolute atomic E-state index is 5.68. The minimum absolute atomic E-state index is 0.688. The number of nitrogens with zero attached hydrogens (tertiary/aromatic N) is 1. The SMILES string of the molecule is CCOc1ccccc1CN(C)Cc1ccccc1OC. The van der Waals surface area contributed by atoms with Crippen molar-refractivity contribution in [3.63, 3.8) is 0 Å². The fourth-order valence-corrected chi connectivity index (χ4v) is 2.40. The van der Waals surface area contributed by atoms with Crippen molar-refractivity contribution in [2.75, 3.05) is 20.8 Å². The molecule has 2 aromatic carbocycles. The van der Waals surface area contributed by atoms with Gasteiger partial charge in [0.15, 0.2) is 0 Å². The molecule has 0 atom stereocenters. The number of hydrogen-bond acceptors (Lipinski definition) is 3. The Morgan fingerprint density at radius 1 is 0.857 bits per heavy atom. The van der Waals surface area contributed by atoms with Gasteiger partial charge in [-0.15, -0.1) is 0 Å². The number of benzene rings is 2. The lowest BCUT2D eigenvalue weighted by molar-refractivity contribution is 0.293. The zero-order valence-electron chi connectivity index (χ0n) is 13.0. The van der Waals surface area contributed by atoms with E-state index in [1.807, 2.05) is 37.3 Å². The van der Waals surface area contributed by atoms with Crippen LogP contribution in [0.1, 0.15) is 18.1 Å². The molecule has 0 aliphatic carbocycles. The molecule has 0 aliphatic rings. The summed E-state index contributed by atoms with van der Waals surface area (Å²) < 4.78 is 11.1. The molecule has 0 saturated carbocycles. The number of methoxy groups -OCH3 is 1. The van der Waals surface area contributed by atoms with Crippen LogP contribution in [0.3, 0.4) is 0 Å². The number of hydrogen-bond donors (Lipinski definition) is 0. The minimum atomic E-state index is 0.688. The van der Waals surface area contributed by atoms with Crippen LogP contribution in [0, 0.1) is 0 Å². The van der Waals surface area contributed by atoms with Crippen LogP contribution in [0.15, 0.2) is 48.5 Å². The summed E-state index contributed by atoms with van der Waals surface area (Å²) in [6.45, 7) is 4.38. The van der Waals surface area contributed by atoms with Crippen molar-refractivity contribution in [2.24, 2.45) is 0 Å². The first-order chi connectivity index (χ1) is 10.2. The molecule has 0 fully saturated rings. The Morgan fingerprint density at radius 2 is 1.38 bits per heavy atom. The molecule has 0 amide bonds. The van der Waals surface area contributed by atoms with Gasteiger partial charge in [0.05, 0.1) is 13.7 Å². The van der Waals surface area contributed by atoms with Crippen molar-refractivity contribution < 1.29 is 9.47 Å². The van der Waals surface area contributed by atoms with Crippen LogP contribution >= 0.6 is 0 Å². The van der Waals surface area contributed by atoms with Gasteiger partial charge in [-0.1, -0.05) is 36.4 Å². The van der Waals surface area contributed by atoms with Crippen LogP contribution in [0.5, 0.6) is 11.5 Å². The summed E-state index contributed by atoms with van der Waals surface area (Å²) in [5.74, 6) is 1.90. The maximum Gasteiger partial charge on any atom is 0.123 e. The lowest BCUT2D eigenvalue weighted by Crippen LogP contribution is -2.18. The first-order valence-corrected chi connectivity index (χ1v) is 7.25. The van der Waals surface area contributed by atoms with Gasteiger partial charge in [0, 0.05) is 24.2 Å². The third-order valence-electron chi connectivity index (χ3n) is 3.35. The quantitative estimate of drug-likeness (QED) is 0.774. The summed E-state index contributed by atoms with van der Waals surface area (Å²) in [5.41, 5.74) is 2.40. The van der Waals surface area contributed by atoms with Crippen LogP contribution in [0.4, 0.5) is 0 Å². The van der Waals surface area contributed by atoms with Crippen LogP contribution in [0.25, 0.3) is 0 Å². The molecule has 0 N–H and O–H groups in total. The molecular formula is C18H23NO2. The maximum atomic E-state index is 5.68. The van der Waals surface area contributed by atoms with E-state index in [0.29, 0.717) is 6.61 Å². The number of para-hydroxylation sites is 2. The molecule has 0 spiro atoms. The van der Waals surface area contributed by atoms with Crippen molar-refractivity contribution >= 4 is 0 Å². The van der Waals surface area contributed by atoms with Crippen LogP contribution in [-0.4, -0.2) is 25.7 Å². The summed E-state index contributed by atoms with van der Waals surface area (Å²) in [6, 6.07) is 16.3. The summed E-state index contributed by atoms with van der Waals surface area (Å²) in [7, 11) is 3.82. The second-order valence-corrected chi connectivity index (χ2v) is 5.02. The van der Waals surface area contributed by atoms with Gasteiger partial charge in [0.1, 0.15) is 11.5 Å². The molecular weight excluding hydrogens is 262 g/mol. The van der Waals surface area contributed by atoms with Crippen LogP contribution < -0.4 is 9.47 Å². The van der Waals surface area contributed by atoms with E-state index in [1.165, 1.54) is 11.1 Å². The van der Waals surface area contributed by atoms with Gasteiger partial charge in [-0.2, -0.15) is 0 Å². The molecule has 0 saturated heterocycles. The van der Waals surface area contributed by atoms with Crippen molar-refractivity contribution in [1.29, 1.82) is 0 Å². The van der Waals surface area contributed by atoms with Crippen molar-refractivity contribution in [1.82, 2.24) is 4.90 Å². The average Bonchev–Trinajstić information content (AvgIpc) is 2.50. The largest absolute Gasteiger partial charge is 0.496 e. The minimum Gasteiger partial charge on any atom is -0.496 e. The molecule has 3 nitrogen and oxygen atoms in total. The first kappa shape index (κ1) is 15.4. The van der Waals surface area contributed by atoms with Gasteiger partial charge in [0.25, 0.3) is 0 Å². The lowest BCUT2D eigenvalue weighted by Gasteiger charge is -2.20. The molecule has 112 valence electrons. The predicted molar refractivity (Wildman–Crippen MR) is 85.8 cm³/mol. The van der Waals surface area contributed by atoms with E-state index in [4.69, 9.17) is 9.47 Å². The second kappa shape index (κ2) is 7.70. The summed E-state index contributed by atoms with van der Waals surface area (Å²) in [5, 5.41) is 0. The number of ether oxygens (including phenoxy) is 2. The zero-order valence-corrected chi connectivity index (χ0v) is 13.0. The summed E-state index contributed by atoms with van der Waals surface area (Å²) in [6.07, 6.45) is 0. The van der Waals surface area contributed by atoms with E-state index in [2.05, 4.69) is 30.1 Å². The van der Waals surface area contributed by atoms with Gasteiger partial charge in [0.2, 0.25) is 0 Å². The van der Waals surface area contributed by atoms with Gasteiger partial charge in [-0.3, -0.25) is 4.90 Å². The predicted octanol–water partition coefficient (Wildman–Crippen LogP) is 3.73. The molecule has 0 bridgehead atoms. The molecule has 3 heteroatoms. The lowest BCUT2D eigenvalue weighted by atomic mass is 10.1. The molecule has 0 unspecified atom stereocenters. The van der Waals surface area contributed by atoms with E-state index in [9.17, 15) is 0 Å². The average molecular weight is 285 g/mol. The molecule has 0 heterocycles. The first-order valence-electron chi connectivity index (χ1n) is 7.25. The third kappa shape index (κ3) is 4.23. The summed E-state index contributed by atoms with van der Waals surface area (Å²) in [4.78, 5) is 2.26. The Morgan fingerprint density at radius 3 is 1.95 bits per heavy atom. The van der Waals surface area contributed by atoms with E-state index < -0.39 is 0 Å². The van der Waals surface area contributed by atoms with Crippen LogP contribution in [-0.2, 0) is 13.1 Å². The van der Waals surface area contributed by atoms with Gasteiger partial charge in [-0.25, -0.2) is 0 Å². The topological polar surface area (TPSA) is 21.7 Å². The third-order valence-corrected chi connectivity index (χ3v) is 3.35. The van der Waals surface area contributed by atoms with E-state index in [0.717, 1.165) is 24.6 Å². The standard InChI is InChI=1S/C18H23NO2/c1-4-21-18-12-8-6-10-16(18)14-19(2)13-15-9-5-7-11-17(15)20-3/h5-12H,4,13-14H2,1-3H3. The van der Waals surface area contributed by atoms with E-state index in [1.54, 1.807) is 7.11 Å². The van der Waals surface area contributed by atoms with Gasteiger partial charge >= 0.3 is 0 Å². The van der Waals surface area contributed by atoms with E-state index >= 15 is 0 Å². The molecule has 2 aromatic rings. The normalized spacial score (nSPS) is 10.7. The highest BCUT2D eigenvalue weighted by Crippen LogP contribution is 2.22. The monoisotopic (exact) mass is 285 g/mol. The highest BCUT2D eigenvalue weighted by atomic mass is 16.5. The molecule has 0 aromatic heterocycles. The molecule has 0 aliphatic heterocycles. The Kier molecular flexibility index (Phi) is 5.64. The highest BCUT2D eigenvalue weighted by molar-refractivity contribution is 5.35. The molecule has 21 heavy (non-hydrogen) atoms. The second-order valence-electron chi connectivity index (χ2n) is 5.02. The summed E-state index contributed by atoms with van der Waals surface area (Å²) >= 11 is 0. The Hall–Kier alpha value is -2.00. The molecule has 2 rings (SSSR count). The van der Waals surface area contributed by atoms with E-state index in [-0.39, 0.29) is 0 Å². The highest BCUT2D eigenvalue weighted by Gasteiger charge is 2.09. The van der Waals surface area contributed by atoms with Gasteiger partial charge < -0.3 is 9.47 Å². The fourth-order valence-electron chi connectivity index (χ4n) is 2.40. The number of rotatable bonds is 7. The Bertz CT molecular complexity index is 569. The zero-order chi connectivity index (χ0) is 15.1. The molecule has 0 radical (unpaired) electrons. The smallest absolute Gasteiger partial charge is 0.123 e. The fraction of sp³-hybridized carbons (Fsp3) is 0.333. The van der Waals surface area contributed by atoms with Crippen LogP contribution in [0.2, 0.25) is 0 Å². The van der Waals surface area contributed by atoms with Crippen molar-refractivity contribution in [3.05, 3.63) is 59.7 Å². The Balaban J connectivity index is 2.06. The van der Waals surface area contributed by atoms with Crippen molar-refractivity contribution in [2.45, 2.75) is 20.0 Å². The van der Waals surface area contributed by atoms with Gasteiger partial charge in [-0.05, 0) is 26.1 Å².